The van der Waals surface area contributed by atoms with Gasteiger partial charge in [0.2, 0.25) is 0 Å². The molecule has 2 aliphatic heterocycles. The number of hydrogen-bond donors (Lipinski definition) is 0. The lowest BCUT2D eigenvalue weighted by molar-refractivity contribution is 0.0182. The van der Waals surface area contributed by atoms with Gasteiger partial charge in [0, 0.05) is 6.07 Å². The number of aromatic nitrogens is 4. The van der Waals surface area contributed by atoms with Crippen LogP contribution < -0.4 is 5.56 Å². The van der Waals surface area contributed by atoms with E-state index >= 15 is 0 Å². The number of hydrogen-bond acceptors (Lipinski definition) is 4. The van der Waals surface area contributed by atoms with Gasteiger partial charge in [-0.25, -0.2) is 4.68 Å². The Labute approximate surface area is 89.7 Å². The number of fused-ring (bicyclic) bond motifs is 3. The Morgan fingerprint density at radius 2 is 2.31 bits per heavy atom. The summed E-state index contributed by atoms with van der Waals surface area (Å²) in [6.45, 7) is 0.604. The van der Waals surface area contributed by atoms with Crippen molar-refractivity contribution in [3.63, 3.8) is 0 Å². The van der Waals surface area contributed by atoms with Crippen LogP contribution in [0.1, 0.15) is 6.23 Å². The minimum Gasteiger partial charge on any atom is -0.345 e. The molecule has 4 rings (SSSR count). The van der Waals surface area contributed by atoms with Crippen molar-refractivity contribution in [2.75, 3.05) is 0 Å². The summed E-state index contributed by atoms with van der Waals surface area (Å²) in [6, 6.07) is 3.19. The Morgan fingerprint density at radius 1 is 1.38 bits per heavy atom. The fourth-order valence-corrected chi connectivity index (χ4v) is 2.29. The zero-order valence-corrected chi connectivity index (χ0v) is 8.28. The number of pyridine rings is 1. The van der Waals surface area contributed by atoms with Crippen LogP contribution in [0.2, 0.25) is 0 Å². The van der Waals surface area contributed by atoms with Gasteiger partial charge >= 0.3 is 0 Å². The minimum absolute atomic E-state index is 0.0193. The monoisotopic (exact) mass is 216 g/mol. The third kappa shape index (κ3) is 0.873. The zero-order valence-electron chi connectivity index (χ0n) is 8.28. The Bertz CT molecular complexity index is 669. The minimum atomic E-state index is -0.319. The van der Waals surface area contributed by atoms with Crippen LogP contribution in [0.15, 0.2) is 29.1 Å². The molecule has 0 amide bonds. The topological polar surface area (TPSA) is 61.9 Å². The fourth-order valence-electron chi connectivity index (χ4n) is 2.29. The maximum absolute atomic E-state index is 11.9. The van der Waals surface area contributed by atoms with Gasteiger partial charge in [-0.15, -0.1) is 5.10 Å². The molecule has 0 aliphatic carbocycles. The molecule has 0 saturated carbocycles. The summed E-state index contributed by atoms with van der Waals surface area (Å²) < 4.78 is 9.02. The van der Waals surface area contributed by atoms with Crippen molar-refractivity contribution < 1.29 is 4.74 Å². The molecule has 0 saturated heterocycles. The SMILES string of the molecule is O=c1ccc2nnn3c2n1[C@H]1C=C[C@@H](C3)O1. The van der Waals surface area contributed by atoms with E-state index in [1.54, 1.807) is 15.3 Å². The van der Waals surface area contributed by atoms with Crippen LogP contribution in [-0.4, -0.2) is 25.7 Å². The van der Waals surface area contributed by atoms with Gasteiger partial charge in [-0.3, -0.25) is 9.36 Å². The molecule has 2 aromatic heterocycles. The van der Waals surface area contributed by atoms with Gasteiger partial charge in [0.25, 0.3) is 5.56 Å². The van der Waals surface area contributed by atoms with Crippen molar-refractivity contribution in [2.24, 2.45) is 0 Å². The van der Waals surface area contributed by atoms with Gasteiger partial charge in [0.05, 0.1) is 12.6 Å². The molecule has 2 aromatic rings. The quantitative estimate of drug-likeness (QED) is 0.584. The van der Waals surface area contributed by atoms with Crippen LogP contribution in [-0.2, 0) is 11.3 Å². The molecule has 6 nitrogen and oxygen atoms in total. The predicted molar refractivity (Wildman–Crippen MR) is 54.8 cm³/mol. The van der Waals surface area contributed by atoms with Crippen molar-refractivity contribution in [3.05, 3.63) is 34.6 Å². The smallest absolute Gasteiger partial charge is 0.254 e. The molecule has 0 fully saturated rings. The second-order valence-electron chi connectivity index (χ2n) is 3.97. The van der Waals surface area contributed by atoms with E-state index in [1.165, 1.54) is 6.07 Å². The summed E-state index contributed by atoms with van der Waals surface area (Å²) in [7, 11) is 0. The molecular formula is C10H8N4O2. The third-order valence-corrected chi connectivity index (χ3v) is 3.00. The molecule has 0 spiro atoms. The largest absolute Gasteiger partial charge is 0.345 e. The Balaban J connectivity index is 2.20. The van der Waals surface area contributed by atoms with Crippen LogP contribution >= 0.6 is 0 Å². The summed E-state index contributed by atoms with van der Waals surface area (Å²) >= 11 is 0. The van der Waals surface area contributed by atoms with Crippen LogP contribution in [0.5, 0.6) is 0 Å². The summed E-state index contributed by atoms with van der Waals surface area (Å²) in [6.07, 6.45) is 3.53. The molecule has 0 aromatic carbocycles. The van der Waals surface area contributed by atoms with E-state index in [1.807, 2.05) is 12.2 Å². The lowest BCUT2D eigenvalue weighted by Gasteiger charge is -2.11. The summed E-state index contributed by atoms with van der Waals surface area (Å²) in [4.78, 5) is 11.9. The molecule has 2 aliphatic rings. The average molecular weight is 216 g/mol. The van der Waals surface area contributed by atoms with Crippen molar-refractivity contribution in [1.82, 2.24) is 19.6 Å². The standard InChI is InChI=1S/C10H8N4O2/c15-8-3-2-7-10-13(12-11-7)5-6-1-4-9(16-6)14(8)10/h1-4,6,9H,5H2/t6-,9+/m0/s1. The highest BCUT2D eigenvalue weighted by Gasteiger charge is 2.29. The van der Waals surface area contributed by atoms with E-state index in [0.29, 0.717) is 6.54 Å². The van der Waals surface area contributed by atoms with E-state index in [-0.39, 0.29) is 17.9 Å². The highest BCUT2D eigenvalue weighted by atomic mass is 16.5. The maximum atomic E-state index is 11.9. The van der Waals surface area contributed by atoms with Crippen LogP contribution in [0.4, 0.5) is 0 Å². The molecular weight excluding hydrogens is 208 g/mol. The Kier molecular flexibility index (Phi) is 1.33. The van der Waals surface area contributed by atoms with Gasteiger partial charge in [0.1, 0.15) is 5.52 Å². The second-order valence-corrected chi connectivity index (χ2v) is 3.97. The van der Waals surface area contributed by atoms with Gasteiger partial charge in [-0.1, -0.05) is 11.3 Å². The highest BCUT2D eigenvalue weighted by molar-refractivity contribution is 5.70. The molecule has 2 atom stereocenters. The third-order valence-electron chi connectivity index (χ3n) is 3.00. The van der Waals surface area contributed by atoms with Crippen LogP contribution in [0.3, 0.4) is 0 Å². The van der Waals surface area contributed by atoms with E-state index in [4.69, 9.17) is 4.74 Å². The Morgan fingerprint density at radius 3 is 3.25 bits per heavy atom. The van der Waals surface area contributed by atoms with Crippen molar-refractivity contribution >= 4 is 11.2 Å². The first-order valence-electron chi connectivity index (χ1n) is 5.11. The summed E-state index contributed by atoms with van der Waals surface area (Å²) in [5.41, 5.74) is 1.38. The van der Waals surface area contributed by atoms with Gasteiger partial charge in [-0.2, -0.15) is 0 Å². The van der Waals surface area contributed by atoms with Gasteiger partial charge < -0.3 is 4.74 Å². The van der Waals surface area contributed by atoms with Crippen molar-refractivity contribution in [3.8, 4) is 0 Å². The maximum Gasteiger partial charge on any atom is 0.254 e. The number of ether oxygens (including phenoxy) is 1. The second kappa shape index (κ2) is 2.59. The van der Waals surface area contributed by atoms with Crippen molar-refractivity contribution in [1.29, 1.82) is 0 Å². The zero-order chi connectivity index (χ0) is 10.7. The average Bonchev–Trinajstić information content (AvgIpc) is 2.82. The van der Waals surface area contributed by atoms with Crippen LogP contribution in [0, 0.1) is 0 Å². The van der Waals surface area contributed by atoms with E-state index in [2.05, 4.69) is 10.3 Å². The van der Waals surface area contributed by atoms with E-state index < -0.39 is 0 Å². The van der Waals surface area contributed by atoms with E-state index in [0.717, 1.165) is 11.2 Å². The fraction of sp³-hybridized carbons (Fsp3) is 0.300. The first-order chi connectivity index (χ1) is 7.83. The van der Waals surface area contributed by atoms with Gasteiger partial charge in [0.15, 0.2) is 11.9 Å². The van der Waals surface area contributed by atoms with Crippen molar-refractivity contribution in [2.45, 2.75) is 18.9 Å². The molecule has 16 heavy (non-hydrogen) atoms. The predicted octanol–water partition coefficient (Wildman–Crippen LogP) is 0.0602. The first kappa shape index (κ1) is 8.23. The molecule has 0 radical (unpaired) electrons. The van der Waals surface area contributed by atoms with E-state index in [9.17, 15) is 4.79 Å². The molecule has 4 heterocycles. The normalized spacial score (nSPS) is 26.2. The summed E-state index contributed by atoms with van der Waals surface area (Å²) in [5, 5.41) is 8.08. The molecule has 80 valence electrons. The molecule has 0 unspecified atom stereocenters. The Hall–Kier alpha value is -1.95. The van der Waals surface area contributed by atoms with Gasteiger partial charge in [-0.05, 0) is 12.1 Å². The van der Waals surface area contributed by atoms with Crippen LogP contribution in [0.25, 0.3) is 11.2 Å². The first-order valence-corrected chi connectivity index (χ1v) is 5.11. The summed E-state index contributed by atoms with van der Waals surface area (Å²) in [5.74, 6) is 0. The number of nitrogens with zero attached hydrogens (tertiary/aromatic N) is 4. The highest BCUT2D eigenvalue weighted by Crippen LogP contribution is 2.27. The molecule has 6 heteroatoms. The molecule has 2 bridgehead atoms. The lowest BCUT2D eigenvalue weighted by atomic mass is 10.3. The molecule has 0 N–H and O–H groups in total. The number of rotatable bonds is 0. The lowest BCUT2D eigenvalue weighted by Crippen LogP contribution is -2.23.